The predicted molar refractivity (Wildman–Crippen MR) is 63.9 cm³/mol. The number of aryl methyl sites for hydroxylation is 1. The number of esters is 1. The number of aliphatic hydroxyl groups is 1. The Kier molecular flexibility index (Phi) is 4.12. The molecule has 0 bridgehead atoms. The summed E-state index contributed by atoms with van der Waals surface area (Å²) in [6.45, 7) is 5.59. The SMILES string of the molecule is COC(=O)C(O)c1cc(C(C)C)c(O)cc1C. The molecule has 0 aliphatic heterocycles. The van der Waals surface area contributed by atoms with Crippen LogP contribution in [0.4, 0.5) is 0 Å². The van der Waals surface area contributed by atoms with E-state index < -0.39 is 12.1 Å². The monoisotopic (exact) mass is 238 g/mol. The maximum Gasteiger partial charge on any atom is 0.339 e. The highest BCUT2D eigenvalue weighted by Crippen LogP contribution is 2.31. The lowest BCUT2D eigenvalue weighted by molar-refractivity contribution is -0.150. The van der Waals surface area contributed by atoms with Gasteiger partial charge in [-0.2, -0.15) is 0 Å². The summed E-state index contributed by atoms with van der Waals surface area (Å²) in [6, 6.07) is 3.20. The molecular formula is C13H18O4. The van der Waals surface area contributed by atoms with Crippen LogP contribution in [0.5, 0.6) is 5.75 Å². The normalized spacial score (nSPS) is 12.6. The van der Waals surface area contributed by atoms with Gasteiger partial charge < -0.3 is 14.9 Å². The Hall–Kier alpha value is -1.55. The van der Waals surface area contributed by atoms with Crippen LogP contribution in [0.2, 0.25) is 0 Å². The van der Waals surface area contributed by atoms with Gasteiger partial charge in [-0.1, -0.05) is 13.8 Å². The number of phenolic OH excluding ortho intramolecular Hbond substituents is 1. The average molecular weight is 238 g/mol. The van der Waals surface area contributed by atoms with Gasteiger partial charge in [-0.15, -0.1) is 0 Å². The largest absolute Gasteiger partial charge is 0.508 e. The third kappa shape index (κ3) is 2.77. The summed E-state index contributed by atoms with van der Waals surface area (Å²) in [5.41, 5.74) is 1.83. The Morgan fingerprint density at radius 3 is 2.35 bits per heavy atom. The molecule has 94 valence electrons. The molecule has 4 nitrogen and oxygen atoms in total. The zero-order chi connectivity index (χ0) is 13.2. The summed E-state index contributed by atoms with van der Waals surface area (Å²) in [7, 11) is 1.23. The molecule has 0 aliphatic rings. The highest BCUT2D eigenvalue weighted by Gasteiger charge is 2.22. The van der Waals surface area contributed by atoms with E-state index in [1.165, 1.54) is 7.11 Å². The lowest BCUT2D eigenvalue weighted by Gasteiger charge is -2.16. The quantitative estimate of drug-likeness (QED) is 0.791. The molecule has 1 aromatic carbocycles. The summed E-state index contributed by atoms with van der Waals surface area (Å²) in [6.07, 6.45) is -1.31. The summed E-state index contributed by atoms with van der Waals surface area (Å²) in [4.78, 5) is 11.3. The van der Waals surface area contributed by atoms with Crippen LogP contribution in [0, 0.1) is 6.92 Å². The minimum Gasteiger partial charge on any atom is -0.508 e. The van der Waals surface area contributed by atoms with Crippen LogP contribution in [0.25, 0.3) is 0 Å². The molecule has 0 saturated heterocycles. The molecular weight excluding hydrogens is 220 g/mol. The second kappa shape index (κ2) is 5.19. The number of hydrogen-bond acceptors (Lipinski definition) is 4. The summed E-state index contributed by atoms with van der Waals surface area (Å²) in [5, 5.41) is 19.6. The van der Waals surface area contributed by atoms with E-state index in [9.17, 15) is 15.0 Å². The molecule has 2 N–H and O–H groups in total. The van der Waals surface area contributed by atoms with Gasteiger partial charge in [-0.3, -0.25) is 0 Å². The second-order valence-corrected chi connectivity index (χ2v) is 4.35. The number of phenols is 1. The zero-order valence-corrected chi connectivity index (χ0v) is 10.5. The van der Waals surface area contributed by atoms with Gasteiger partial charge in [0.05, 0.1) is 7.11 Å². The van der Waals surface area contributed by atoms with Crippen LogP contribution >= 0.6 is 0 Å². The first kappa shape index (κ1) is 13.5. The van der Waals surface area contributed by atoms with Crippen molar-refractivity contribution in [2.75, 3.05) is 7.11 Å². The second-order valence-electron chi connectivity index (χ2n) is 4.35. The van der Waals surface area contributed by atoms with Crippen molar-refractivity contribution in [2.24, 2.45) is 0 Å². The van der Waals surface area contributed by atoms with Crippen molar-refractivity contribution < 1.29 is 19.7 Å². The first-order valence-corrected chi connectivity index (χ1v) is 5.47. The highest BCUT2D eigenvalue weighted by atomic mass is 16.5. The van der Waals surface area contributed by atoms with Crippen LogP contribution in [-0.4, -0.2) is 23.3 Å². The van der Waals surface area contributed by atoms with Gasteiger partial charge in [0.2, 0.25) is 0 Å². The van der Waals surface area contributed by atoms with Crippen molar-refractivity contribution in [3.63, 3.8) is 0 Å². The lowest BCUT2D eigenvalue weighted by atomic mass is 9.94. The first-order valence-electron chi connectivity index (χ1n) is 5.47. The minimum atomic E-state index is -1.31. The van der Waals surface area contributed by atoms with Gasteiger partial charge in [0, 0.05) is 0 Å². The number of benzene rings is 1. The number of methoxy groups -OCH3 is 1. The van der Waals surface area contributed by atoms with E-state index in [1.807, 2.05) is 13.8 Å². The maximum atomic E-state index is 11.3. The molecule has 0 aliphatic carbocycles. The van der Waals surface area contributed by atoms with E-state index in [1.54, 1.807) is 19.1 Å². The van der Waals surface area contributed by atoms with Gasteiger partial charge in [-0.25, -0.2) is 4.79 Å². The number of carbonyl (C=O) groups excluding carboxylic acids is 1. The molecule has 0 fully saturated rings. The van der Waals surface area contributed by atoms with E-state index in [0.29, 0.717) is 16.7 Å². The smallest absolute Gasteiger partial charge is 0.339 e. The Morgan fingerprint density at radius 1 is 1.29 bits per heavy atom. The minimum absolute atomic E-state index is 0.110. The molecule has 0 heterocycles. The first-order chi connectivity index (χ1) is 7.88. The number of hydrogen-bond donors (Lipinski definition) is 2. The van der Waals surface area contributed by atoms with Crippen molar-refractivity contribution in [2.45, 2.75) is 32.8 Å². The Morgan fingerprint density at radius 2 is 1.88 bits per heavy atom. The van der Waals surface area contributed by atoms with Crippen molar-refractivity contribution in [1.29, 1.82) is 0 Å². The van der Waals surface area contributed by atoms with E-state index in [0.717, 1.165) is 0 Å². The van der Waals surface area contributed by atoms with Gasteiger partial charge in [0.1, 0.15) is 5.75 Å². The molecule has 4 heteroatoms. The highest BCUT2D eigenvalue weighted by molar-refractivity contribution is 5.76. The van der Waals surface area contributed by atoms with E-state index in [2.05, 4.69) is 4.74 Å². The van der Waals surface area contributed by atoms with Crippen LogP contribution in [0.15, 0.2) is 12.1 Å². The van der Waals surface area contributed by atoms with Crippen LogP contribution < -0.4 is 0 Å². The lowest BCUT2D eigenvalue weighted by Crippen LogP contribution is -2.15. The molecule has 0 amide bonds. The van der Waals surface area contributed by atoms with Crippen molar-refractivity contribution in [3.05, 3.63) is 28.8 Å². The van der Waals surface area contributed by atoms with Gasteiger partial charge in [0.25, 0.3) is 0 Å². The van der Waals surface area contributed by atoms with E-state index in [-0.39, 0.29) is 11.7 Å². The molecule has 0 spiro atoms. The summed E-state index contributed by atoms with van der Waals surface area (Å²) in [5.74, 6) is -0.411. The summed E-state index contributed by atoms with van der Waals surface area (Å²) < 4.78 is 4.50. The Labute approximate surface area is 101 Å². The molecule has 0 aromatic heterocycles. The summed E-state index contributed by atoms with van der Waals surface area (Å²) >= 11 is 0. The van der Waals surface area contributed by atoms with E-state index >= 15 is 0 Å². The number of aromatic hydroxyl groups is 1. The Balaban J connectivity index is 3.24. The third-order valence-corrected chi connectivity index (χ3v) is 2.76. The molecule has 1 atom stereocenters. The molecule has 0 radical (unpaired) electrons. The Bertz CT molecular complexity index is 424. The number of ether oxygens (including phenoxy) is 1. The molecule has 0 saturated carbocycles. The molecule has 1 rings (SSSR count). The fourth-order valence-electron chi connectivity index (χ4n) is 1.72. The molecule has 17 heavy (non-hydrogen) atoms. The molecule has 1 aromatic rings. The third-order valence-electron chi connectivity index (χ3n) is 2.76. The van der Waals surface area contributed by atoms with Crippen molar-refractivity contribution in [1.82, 2.24) is 0 Å². The van der Waals surface area contributed by atoms with Crippen molar-refractivity contribution >= 4 is 5.97 Å². The van der Waals surface area contributed by atoms with Gasteiger partial charge in [0.15, 0.2) is 6.10 Å². The topological polar surface area (TPSA) is 66.8 Å². The fraction of sp³-hybridized carbons (Fsp3) is 0.462. The average Bonchev–Trinajstić information content (AvgIpc) is 2.26. The number of carbonyl (C=O) groups is 1. The van der Waals surface area contributed by atoms with Crippen LogP contribution in [-0.2, 0) is 9.53 Å². The predicted octanol–water partition coefficient (Wildman–Crippen LogP) is 2.03. The van der Waals surface area contributed by atoms with Gasteiger partial charge in [-0.05, 0) is 41.7 Å². The van der Waals surface area contributed by atoms with Gasteiger partial charge >= 0.3 is 5.97 Å². The van der Waals surface area contributed by atoms with Crippen LogP contribution in [0.1, 0.15) is 42.6 Å². The van der Waals surface area contributed by atoms with Crippen molar-refractivity contribution in [3.8, 4) is 5.75 Å². The zero-order valence-electron chi connectivity index (χ0n) is 10.5. The fourth-order valence-corrected chi connectivity index (χ4v) is 1.72. The maximum absolute atomic E-state index is 11.3. The molecule has 1 unspecified atom stereocenters. The number of rotatable bonds is 3. The van der Waals surface area contributed by atoms with Crippen LogP contribution in [0.3, 0.4) is 0 Å². The van der Waals surface area contributed by atoms with E-state index in [4.69, 9.17) is 0 Å². The standard InChI is InChI=1S/C13H18O4/c1-7(2)9-6-10(8(3)5-11(9)14)12(15)13(16)17-4/h5-7,12,14-15H,1-4H3. The number of aliphatic hydroxyl groups excluding tert-OH is 1.